The van der Waals surface area contributed by atoms with Gasteiger partial charge >= 0.3 is 0 Å². The molecule has 3 rings (SSSR count). The van der Waals surface area contributed by atoms with Gasteiger partial charge in [-0.3, -0.25) is 9.59 Å². The van der Waals surface area contributed by atoms with Crippen LogP contribution in [0.25, 0.3) is 0 Å². The number of halogens is 1. The number of carbonyl (C=O) groups is 2. The smallest absolute Gasteiger partial charge is 0.258 e. The van der Waals surface area contributed by atoms with Gasteiger partial charge in [0.1, 0.15) is 5.03 Å². The van der Waals surface area contributed by atoms with Crippen LogP contribution in [0.1, 0.15) is 31.8 Å². The van der Waals surface area contributed by atoms with E-state index in [1.54, 1.807) is 50.6 Å². The van der Waals surface area contributed by atoms with Crippen molar-refractivity contribution in [3.63, 3.8) is 0 Å². The second-order valence-corrected chi connectivity index (χ2v) is 8.51. The molecule has 0 unspecified atom stereocenters. The van der Waals surface area contributed by atoms with Gasteiger partial charge in [-0.25, -0.2) is 4.98 Å². The Bertz CT molecular complexity index is 1120. The van der Waals surface area contributed by atoms with Crippen LogP contribution in [0.15, 0.2) is 64.6 Å². The van der Waals surface area contributed by atoms with Crippen LogP contribution < -0.4 is 5.32 Å². The molecule has 0 aliphatic heterocycles. The zero-order valence-electron chi connectivity index (χ0n) is 17.2. The normalized spacial score (nSPS) is 10.6. The van der Waals surface area contributed by atoms with E-state index in [0.717, 1.165) is 10.5 Å². The average molecular weight is 440 g/mol. The predicted molar refractivity (Wildman–Crippen MR) is 122 cm³/mol. The van der Waals surface area contributed by atoms with Gasteiger partial charge in [0, 0.05) is 30.8 Å². The molecule has 0 saturated heterocycles. The molecule has 2 aromatic carbocycles. The largest absolute Gasteiger partial charge is 0.345 e. The summed E-state index contributed by atoms with van der Waals surface area (Å²) in [5.74, 6) is -0.513. The van der Waals surface area contributed by atoms with Gasteiger partial charge in [0.15, 0.2) is 0 Å². The van der Waals surface area contributed by atoms with Crippen LogP contribution in [-0.4, -0.2) is 35.8 Å². The Morgan fingerprint density at radius 1 is 1.07 bits per heavy atom. The second kappa shape index (κ2) is 9.32. The van der Waals surface area contributed by atoms with E-state index in [4.69, 9.17) is 11.6 Å². The molecule has 154 valence electrons. The lowest BCUT2D eigenvalue weighted by Crippen LogP contribution is -2.22. The maximum atomic E-state index is 13.0. The van der Waals surface area contributed by atoms with E-state index in [1.165, 1.54) is 22.2 Å². The van der Waals surface area contributed by atoms with Crippen molar-refractivity contribution in [1.82, 2.24) is 9.88 Å². The SMILES string of the molecule is Cc1ccc(Sc2ncccc2C(=O)Nc2cc(C(=O)N(C)C)ccc2Cl)c(C)c1. The second-order valence-electron chi connectivity index (χ2n) is 7.08. The van der Waals surface area contributed by atoms with Crippen LogP contribution in [0.4, 0.5) is 5.69 Å². The molecule has 0 atom stereocenters. The van der Waals surface area contributed by atoms with E-state index in [9.17, 15) is 9.59 Å². The molecule has 1 N–H and O–H groups in total. The highest BCUT2D eigenvalue weighted by atomic mass is 35.5. The molecule has 1 heterocycles. The summed E-state index contributed by atoms with van der Waals surface area (Å²) >= 11 is 7.70. The number of aryl methyl sites for hydroxylation is 2. The Kier molecular flexibility index (Phi) is 6.80. The first-order valence-corrected chi connectivity index (χ1v) is 10.5. The first kappa shape index (κ1) is 21.9. The molecule has 0 bridgehead atoms. The molecule has 0 fully saturated rings. The molecule has 0 aliphatic carbocycles. The molecule has 0 radical (unpaired) electrons. The summed E-state index contributed by atoms with van der Waals surface area (Å²) in [6, 6.07) is 14.4. The van der Waals surface area contributed by atoms with E-state index in [1.807, 2.05) is 26.0 Å². The van der Waals surface area contributed by atoms with Gasteiger partial charge in [-0.1, -0.05) is 41.1 Å². The summed E-state index contributed by atoms with van der Waals surface area (Å²) < 4.78 is 0. The van der Waals surface area contributed by atoms with Gasteiger partial charge in [-0.15, -0.1) is 0 Å². The zero-order valence-corrected chi connectivity index (χ0v) is 18.8. The Morgan fingerprint density at radius 3 is 2.53 bits per heavy atom. The third kappa shape index (κ3) is 5.01. The van der Waals surface area contributed by atoms with Crippen LogP contribution in [0.2, 0.25) is 5.02 Å². The summed E-state index contributed by atoms with van der Waals surface area (Å²) in [6.45, 7) is 4.07. The van der Waals surface area contributed by atoms with Gasteiger partial charge in [0.25, 0.3) is 11.8 Å². The Morgan fingerprint density at radius 2 is 1.83 bits per heavy atom. The number of nitrogens with zero attached hydrogens (tertiary/aromatic N) is 2. The molecule has 5 nitrogen and oxygen atoms in total. The third-order valence-corrected chi connectivity index (χ3v) is 5.95. The average Bonchev–Trinajstić information content (AvgIpc) is 2.71. The van der Waals surface area contributed by atoms with E-state index >= 15 is 0 Å². The number of hydrogen-bond donors (Lipinski definition) is 1. The fraction of sp³-hybridized carbons (Fsp3) is 0.174. The van der Waals surface area contributed by atoms with Crippen molar-refractivity contribution >= 4 is 40.9 Å². The highest BCUT2D eigenvalue weighted by molar-refractivity contribution is 7.99. The summed E-state index contributed by atoms with van der Waals surface area (Å²) in [7, 11) is 3.34. The summed E-state index contributed by atoms with van der Waals surface area (Å²) in [5.41, 5.74) is 3.55. The zero-order chi connectivity index (χ0) is 21.8. The van der Waals surface area contributed by atoms with E-state index in [0.29, 0.717) is 26.9 Å². The van der Waals surface area contributed by atoms with E-state index in [-0.39, 0.29) is 11.8 Å². The molecule has 0 spiro atoms. The molecule has 2 amide bonds. The Labute approximate surface area is 185 Å². The van der Waals surface area contributed by atoms with Crippen molar-refractivity contribution in [3.05, 3.63) is 82.0 Å². The number of benzene rings is 2. The maximum absolute atomic E-state index is 13.0. The van der Waals surface area contributed by atoms with Crippen molar-refractivity contribution in [1.29, 1.82) is 0 Å². The lowest BCUT2D eigenvalue weighted by molar-refractivity contribution is 0.0827. The molecule has 0 aliphatic rings. The first-order chi connectivity index (χ1) is 14.3. The van der Waals surface area contributed by atoms with Gasteiger partial charge in [0.05, 0.1) is 16.3 Å². The number of anilines is 1. The predicted octanol–water partition coefficient (Wildman–Crippen LogP) is 5.46. The first-order valence-electron chi connectivity index (χ1n) is 9.29. The lowest BCUT2D eigenvalue weighted by Gasteiger charge is -2.14. The minimum atomic E-state index is -0.341. The number of carbonyl (C=O) groups excluding carboxylic acids is 2. The molecule has 7 heteroatoms. The van der Waals surface area contributed by atoms with Crippen molar-refractivity contribution in [2.75, 3.05) is 19.4 Å². The lowest BCUT2D eigenvalue weighted by atomic mass is 10.1. The van der Waals surface area contributed by atoms with Crippen molar-refractivity contribution in [2.45, 2.75) is 23.8 Å². The molecule has 3 aromatic rings. The molecular formula is C23H22ClN3O2S. The maximum Gasteiger partial charge on any atom is 0.258 e. The molecule has 30 heavy (non-hydrogen) atoms. The summed E-state index contributed by atoms with van der Waals surface area (Å²) in [4.78, 5) is 32.1. The Hall–Kier alpha value is -2.83. The quantitative estimate of drug-likeness (QED) is 0.573. The number of hydrogen-bond acceptors (Lipinski definition) is 4. The van der Waals surface area contributed by atoms with Gasteiger partial charge in [-0.2, -0.15) is 0 Å². The standard InChI is InChI=1S/C23H22ClN3O2S/c1-14-7-10-20(15(2)12-14)30-22-17(6-5-11-25-22)21(28)26-19-13-16(8-9-18(19)24)23(29)27(3)4/h5-13H,1-4H3,(H,26,28). The van der Waals surface area contributed by atoms with Crippen LogP contribution in [0.5, 0.6) is 0 Å². The number of nitrogens with one attached hydrogen (secondary N) is 1. The van der Waals surface area contributed by atoms with Gasteiger partial charge < -0.3 is 10.2 Å². The molecular weight excluding hydrogens is 418 g/mol. The van der Waals surface area contributed by atoms with Crippen molar-refractivity contribution < 1.29 is 9.59 Å². The van der Waals surface area contributed by atoms with Gasteiger partial charge in [-0.05, 0) is 55.8 Å². The molecule has 1 aromatic heterocycles. The number of rotatable bonds is 5. The minimum absolute atomic E-state index is 0.172. The summed E-state index contributed by atoms with van der Waals surface area (Å²) in [5, 5.41) is 3.76. The van der Waals surface area contributed by atoms with Crippen molar-refractivity contribution in [3.8, 4) is 0 Å². The third-order valence-electron chi connectivity index (χ3n) is 4.42. The van der Waals surface area contributed by atoms with Crippen LogP contribution in [0.3, 0.4) is 0 Å². The highest BCUT2D eigenvalue weighted by Crippen LogP contribution is 2.32. The van der Waals surface area contributed by atoms with E-state index in [2.05, 4.69) is 16.4 Å². The van der Waals surface area contributed by atoms with Crippen LogP contribution in [-0.2, 0) is 0 Å². The van der Waals surface area contributed by atoms with E-state index < -0.39 is 0 Å². The highest BCUT2D eigenvalue weighted by Gasteiger charge is 2.17. The molecule has 0 saturated carbocycles. The monoisotopic (exact) mass is 439 g/mol. The summed E-state index contributed by atoms with van der Waals surface area (Å²) in [6.07, 6.45) is 1.66. The fourth-order valence-corrected chi connectivity index (χ4v) is 3.98. The number of amides is 2. The fourth-order valence-electron chi connectivity index (χ4n) is 2.86. The van der Waals surface area contributed by atoms with Crippen LogP contribution in [0, 0.1) is 13.8 Å². The Balaban J connectivity index is 1.88. The topological polar surface area (TPSA) is 62.3 Å². The number of aromatic nitrogens is 1. The number of pyridine rings is 1. The van der Waals surface area contributed by atoms with Crippen LogP contribution >= 0.6 is 23.4 Å². The van der Waals surface area contributed by atoms with Crippen molar-refractivity contribution in [2.24, 2.45) is 0 Å². The van der Waals surface area contributed by atoms with Gasteiger partial charge in [0.2, 0.25) is 0 Å². The minimum Gasteiger partial charge on any atom is -0.345 e.